The molecule has 2 N–H and O–H groups in total. The molecule has 1 aromatic heterocycles. The lowest BCUT2D eigenvalue weighted by Gasteiger charge is -2.18. The maximum absolute atomic E-state index is 12.2. The smallest absolute Gasteiger partial charge is 0.248 e. The summed E-state index contributed by atoms with van der Waals surface area (Å²) in [4.78, 5) is 12.2. The van der Waals surface area contributed by atoms with Gasteiger partial charge in [-0.25, -0.2) is 0 Å². The van der Waals surface area contributed by atoms with Crippen LogP contribution in [0.4, 0.5) is 5.69 Å². The third-order valence-corrected chi connectivity index (χ3v) is 4.58. The van der Waals surface area contributed by atoms with E-state index in [-0.39, 0.29) is 17.9 Å². The minimum Gasteiger partial charge on any atom is -0.395 e. The lowest BCUT2D eigenvalue weighted by atomic mass is 9.87. The molecule has 0 fully saturated rings. The van der Waals surface area contributed by atoms with Crippen molar-refractivity contribution in [1.29, 1.82) is 0 Å². The molecule has 1 heterocycles. The average molecular weight is 362 g/mol. The molecule has 27 heavy (non-hydrogen) atoms. The van der Waals surface area contributed by atoms with Crippen molar-refractivity contribution in [3.05, 3.63) is 71.9 Å². The maximum Gasteiger partial charge on any atom is 0.248 e. The lowest BCUT2D eigenvalue weighted by Crippen LogP contribution is -2.10. The number of anilines is 1. The van der Waals surface area contributed by atoms with Crippen molar-refractivity contribution < 1.29 is 9.90 Å². The molecule has 0 aliphatic carbocycles. The number of nitrogens with one attached hydrogen (secondary N) is 1. The van der Waals surface area contributed by atoms with Gasteiger partial charge < -0.3 is 15.0 Å². The number of aromatic nitrogens is 1. The van der Waals surface area contributed by atoms with E-state index < -0.39 is 0 Å². The van der Waals surface area contributed by atoms with Gasteiger partial charge >= 0.3 is 0 Å². The molecule has 2 aromatic carbocycles. The van der Waals surface area contributed by atoms with Gasteiger partial charge in [-0.1, -0.05) is 45.0 Å². The Hall–Kier alpha value is -2.85. The normalized spacial score (nSPS) is 12.0. The molecular weight excluding hydrogens is 336 g/mol. The third kappa shape index (κ3) is 4.66. The highest BCUT2D eigenvalue weighted by Gasteiger charge is 2.12. The topological polar surface area (TPSA) is 54.3 Å². The monoisotopic (exact) mass is 362 g/mol. The first-order chi connectivity index (χ1) is 12.9. The van der Waals surface area contributed by atoms with Gasteiger partial charge in [-0.15, -0.1) is 0 Å². The summed E-state index contributed by atoms with van der Waals surface area (Å²) < 4.78 is 1.99. The van der Waals surface area contributed by atoms with Gasteiger partial charge in [0.05, 0.1) is 6.61 Å². The second kappa shape index (κ2) is 7.80. The first kappa shape index (κ1) is 18.9. The fourth-order valence-corrected chi connectivity index (χ4v) is 3.03. The van der Waals surface area contributed by atoms with E-state index >= 15 is 0 Å². The molecule has 0 unspecified atom stereocenters. The quantitative estimate of drug-likeness (QED) is 0.653. The molecule has 0 saturated carbocycles. The molecule has 3 aromatic rings. The number of fused-ring (bicyclic) bond motifs is 1. The zero-order valence-corrected chi connectivity index (χ0v) is 16.1. The van der Waals surface area contributed by atoms with Gasteiger partial charge in [0.25, 0.3) is 0 Å². The van der Waals surface area contributed by atoms with Crippen LogP contribution in [0.15, 0.2) is 60.8 Å². The predicted molar refractivity (Wildman–Crippen MR) is 112 cm³/mol. The first-order valence-electron chi connectivity index (χ1n) is 9.16. The van der Waals surface area contributed by atoms with Gasteiger partial charge in [-0.05, 0) is 46.9 Å². The van der Waals surface area contributed by atoms with E-state index in [2.05, 4.69) is 38.2 Å². The van der Waals surface area contributed by atoms with Crippen molar-refractivity contribution in [3.63, 3.8) is 0 Å². The summed E-state index contributed by atoms with van der Waals surface area (Å²) in [7, 11) is 0. The van der Waals surface area contributed by atoms with Crippen LogP contribution in [0.25, 0.3) is 17.0 Å². The Morgan fingerprint density at radius 2 is 1.85 bits per heavy atom. The molecule has 0 saturated heterocycles. The van der Waals surface area contributed by atoms with Crippen LogP contribution in [0.5, 0.6) is 0 Å². The molecule has 140 valence electrons. The van der Waals surface area contributed by atoms with Gasteiger partial charge in [0.1, 0.15) is 0 Å². The summed E-state index contributed by atoms with van der Waals surface area (Å²) in [5, 5.41) is 13.0. The molecule has 0 atom stereocenters. The summed E-state index contributed by atoms with van der Waals surface area (Å²) in [5.74, 6) is -0.163. The molecule has 4 nitrogen and oxygen atoms in total. The van der Waals surface area contributed by atoms with Crippen molar-refractivity contribution in [2.24, 2.45) is 0 Å². The number of hydrogen-bond donors (Lipinski definition) is 2. The summed E-state index contributed by atoms with van der Waals surface area (Å²) in [6.45, 7) is 7.20. The Labute approximate surface area is 160 Å². The highest BCUT2D eigenvalue weighted by atomic mass is 16.3. The first-order valence-corrected chi connectivity index (χ1v) is 9.16. The standard InChI is InChI=1S/C23H26N2O2/c1-23(2,3)19-7-4-17(5-8-19)6-11-22(27)24-20-9-10-21-18(16-20)12-13-25(21)14-15-26/h4-13,16,26H,14-15H2,1-3H3,(H,24,27)/b11-6+. The predicted octanol–water partition coefficient (Wildman–Crippen LogP) is 4.58. The van der Waals surface area contributed by atoms with E-state index in [4.69, 9.17) is 5.11 Å². The summed E-state index contributed by atoms with van der Waals surface area (Å²) in [5.41, 5.74) is 4.17. The van der Waals surface area contributed by atoms with Crippen LogP contribution < -0.4 is 5.32 Å². The van der Waals surface area contributed by atoms with Gasteiger partial charge in [-0.2, -0.15) is 0 Å². The number of carbonyl (C=O) groups is 1. The number of nitrogens with zero attached hydrogens (tertiary/aromatic N) is 1. The molecule has 0 bridgehead atoms. The van der Waals surface area contributed by atoms with Crippen molar-refractivity contribution in [1.82, 2.24) is 4.57 Å². The fourth-order valence-electron chi connectivity index (χ4n) is 3.03. The van der Waals surface area contributed by atoms with Crippen LogP contribution in [0.1, 0.15) is 31.9 Å². The van der Waals surface area contributed by atoms with Gasteiger partial charge in [-0.3, -0.25) is 4.79 Å². The van der Waals surface area contributed by atoms with E-state index in [0.29, 0.717) is 6.54 Å². The minimum absolute atomic E-state index is 0.101. The minimum atomic E-state index is -0.163. The molecule has 0 radical (unpaired) electrons. The van der Waals surface area contributed by atoms with Crippen LogP contribution in [0, 0.1) is 0 Å². The number of rotatable bonds is 5. The molecule has 0 aliphatic heterocycles. The number of carbonyl (C=O) groups excluding carboxylic acids is 1. The molecule has 1 amide bonds. The van der Waals surface area contributed by atoms with Crippen LogP contribution in [0.3, 0.4) is 0 Å². The second-order valence-electron chi connectivity index (χ2n) is 7.70. The molecule has 3 rings (SSSR count). The highest BCUT2D eigenvalue weighted by Crippen LogP contribution is 2.23. The van der Waals surface area contributed by atoms with E-state index in [1.165, 1.54) is 5.56 Å². The largest absolute Gasteiger partial charge is 0.395 e. The van der Waals surface area contributed by atoms with Crippen molar-refractivity contribution in [2.75, 3.05) is 11.9 Å². The number of hydrogen-bond acceptors (Lipinski definition) is 2. The van der Waals surface area contributed by atoms with Crippen molar-refractivity contribution >= 4 is 28.6 Å². The van der Waals surface area contributed by atoms with E-state index in [1.807, 2.05) is 53.2 Å². The Balaban J connectivity index is 1.66. The van der Waals surface area contributed by atoms with Crippen LogP contribution in [-0.4, -0.2) is 22.2 Å². The van der Waals surface area contributed by atoms with Gasteiger partial charge in [0, 0.05) is 35.4 Å². The SMILES string of the molecule is CC(C)(C)c1ccc(/C=C/C(=O)Nc2ccc3c(ccn3CCO)c2)cc1. The Bertz CT molecular complexity index is 960. The molecule has 0 spiro atoms. The molecular formula is C23H26N2O2. The lowest BCUT2D eigenvalue weighted by molar-refractivity contribution is -0.111. The zero-order valence-electron chi connectivity index (χ0n) is 16.1. The number of amides is 1. The fraction of sp³-hybridized carbons (Fsp3) is 0.261. The second-order valence-corrected chi connectivity index (χ2v) is 7.70. The zero-order chi connectivity index (χ0) is 19.4. The highest BCUT2D eigenvalue weighted by molar-refractivity contribution is 6.03. The van der Waals surface area contributed by atoms with E-state index in [0.717, 1.165) is 22.2 Å². The number of benzene rings is 2. The van der Waals surface area contributed by atoms with Crippen LogP contribution in [-0.2, 0) is 16.8 Å². The Morgan fingerprint density at radius 3 is 2.52 bits per heavy atom. The van der Waals surface area contributed by atoms with Gasteiger partial charge in [0.15, 0.2) is 0 Å². The molecule has 0 aliphatic rings. The van der Waals surface area contributed by atoms with Crippen LogP contribution in [0.2, 0.25) is 0 Å². The Kier molecular flexibility index (Phi) is 5.47. The Morgan fingerprint density at radius 1 is 1.11 bits per heavy atom. The number of aliphatic hydroxyl groups excluding tert-OH is 1. The molecule has 4 heteroatoms. The van der Waals surface area contributed by atoms with Crippen molar-refractivity contribution in [2.45, 2.75) is 32.7 Å². The maximum atomic E-state index is 12.2. The average Bonchev–Trinajstić information content (AvgIpc) is 3.02. The number of aliphatic hydroxyl groups is 1. The summed E-state index contributed by atoms with van der Waals surface area (Å²) in [6, 6.07) is 16.0. The van der Waals surface area contributed by atoms with Gasteiger partial charge in [0.2, 0.25) is 5.91 Å². The van der Waals surface area contributed by atoms with Crippen LogP contribution >= 0.6 is 0 Å². The van der Waals surface area contributed by atoms with E-state index in [1.54, 1.807) is 6.08 Å². The van der Waals surface area contributed by atoms with E-state index in [9.17, 15) is 4.79 Å². The third-order valence-electron chi connectivity index (χ3n) is 4.58. The summed E-state index contributed by atoms with van der Waals surface area (Å²) >= 11 is 0. The van der Waals surface area contributed by atoms with Crippen molar-refractivity contribution in [3.8, 4) is 0 Å². The summed E-state index contributed by atoms with van der Waals surface area (Å²) in [6.07, 6.45) is 5.30.